The van der Waals surface area contributed by atoms with E-state index < -0.39 is 0 Å². The fourth-order valence-corrected chi connectivity index (χ4v) is 2.59. The maximum absolute atomic E-state index is 6.07. The van der Waals surface area contributed by atoms with Crippen LogP contribution >= 0.6 is 11.6 Å². The highest BCUT2D eigenvalue weighted by Gasteiger charge is 2.52. The van der Waals surface area contributed by atoms with Gasteiger partial charge in [0.25, 0.3) is 0 Å². The van der Waals surface area contributed by atoms with Crippen LogP contribution in [0.2, 0.25) is 5.15 Å². The summed E-state index contributed by atoms with van der Waals surface area (Å²) in [6.45, 7) is 0.813. The van der Waals surface area contributed by atoms with Crippen molar-refractivity contribution in [3.63, 3.8) is 0 Å². The molecule has 86 valence electrons. The average Bonchev–Trinajstić information content (AvgIpc) is 2.73. The molecule has 2 fully saturated rings. The Bertz CT molecular complexity index is 385. The summed E-state index contributed by atoms with van der Waals surface area (Å²) in [5.74, 6) is 1.19. The lowest BCUT2D eigenvalue weighted by Crippen LogP contribution is -2.65. The minimum atomic E-state index is 0.142. The second-order valence-electron chi connectivity index (χ2n) is 4.28. The van der Waals surface area contributed by atoms with E-state index in [2.05, 4.69) is 15.5 Å². The number of halogens is 1. The average molecular weight is 241 g/mol. The molecule has 3 N–H and O–H groups in total. The van der Waals surface area contributed by atoms with E-state index in [1.54, 1.807) is 12.1 Å². The molecule has 3 rings (SSSR count). The molecular formula is C10H13ClN4O. The molecule has 0 spiro atoms. The molecule has 16 heavy (non-hydrogen) atoms. The predicted molar refractivity (Wildman–Crippen MR) is 60.3 cm³/mol. The fraction of sp³-hybridized carbons (Fsp3) is 0.600. The summed E-state index contributed by atoms with van der Waals surface area (Å²) < 4.78 is 5.61. The van der Waals surface area contributed by atoms with Crippen molar-refractivity contribution in [2.75, 3.05) is 11.9 Å². The molecule has 4 atom stereocenters. The summed E-state index contributed by atoms with van der Waals surface area (Å²) in [7, 11) is 0. The fourth-order valence-electron chi connectivity index (χ4n) is 2.49. The minimum absolute atomic E-state index is 0.142. The van der Waals surface area contributed by atoms with Gasteiger partial charge in [0.2, 0.25) is 0 Å². The summed E-state index contributed by atoms with van der Waals surface area (Å²) in [6.07, 6.45) is 1.29. The van der Waals surface area contributed by atoms with Crippen molar-refractivity contribution < 1.29 is 4.74 Å². The molecule has 1 saturated carbocycles. The van der Waals surface area contributed by atoms with Gasteiger partial charge in [0.1, 0.15) is 5.82 Å². The first-order chi connectivity index (χ1) is 7.75. The van der Waals surface area contributed by atoms with E-state index in [0.717, 1.165) is 13.0 Å². The van der Waals surface area contributed by atoms with Crippen molar-refractivity contribution in [1.29, 1.82) is 0 Å². The van der Waals surface area contributed by atoms with Gasteiger partial charge < -0.3 is 15.8 Å². The molecule has 1 aliphatic heterocycles. The van der Waals surface area contributed by atoms with Crippen LogP contribution in [-0.2, 0) is 4.74 Å². The van der Waals surface area contributed by atoms with Crippen molar-refractivity contribution >= 4 is 17.4 Å². The lowest BCUT2D eigenvalue weighted by molar-refractivity contribution is 0.00521. The molecule has 2 heterocycles. The molecule has 6 heteroatoms. The molecular weight excluding hydrogens is 228 g/mol. The number of aromatic nitrogens is 2. The number of hydrogen-bond donors (Lipinski definition) is 2. The van der Waals surface area contributed by atoms with Gasteiger partial charge in [-0.25, -0.2) is 0 Å². The summed E-state index contributed by atoms with van der Waals surface area (Å²) in [6, 6.07) is 3.78. The van der Waals surface area contributed by atoms with Crippen LogP contribution in [0, 0.1) is 5.92 Å². The van der Waals surface area contributed by atoms with Gasteiger partial charge in [0, 0.05) is 18.6 Å². The Hall–Kier alpha value is -0.910. The Labute approximate surface area is 98.3 Å². The van der Waals surface area contributed by atoms with Crippen LogP contribution in [0.3, 0.4) is 0 Å². The molecule has 5 nitrogen and oxygen atoms in total. The first kappa shape index (κ1) is 10.3. The standard InChI is InChI=1S/C10H13ClN4O/c11-6-1-2-7(15-14-6)13-9-8(12)5-3-4-16-10(5)9/h1-2,5,8-10H,3-4,12H2,(H,13,15). The van der Waals surface area contributed by atoms with E-state index in [0.29, 0.717) is 16.9 Å². The van der Waals surface area contributed by atoms with E-state index in [-0.39, 0.29) is 18.2 Å². The van der Waals surface area contributed by atoms with Crippen molar-refractivity contribution in [2.24, 2.45) is 11.7 Å². The normalized spacial score (nSPS) is 36.6. The molecule has 1 saturated heterocycles. The van der Waals surface area contributed by atoms with Crippen LogP contribution in [0.4, 0.5) is 5.82 Å². The second kappa shape index (κ2) is 3.84. The smallest absolute Gasteiger partial charge is 0.151 e. The zero-order valence-corrected chi connectivity index (χ0v) is 9.39. The summed E-state index contributed by atoms with van der Waals surface area (Å²) in [5, 5.41) is 11.3. The van der Waals surface area contributed by atoms with Gasteiger partial charge in [-0.05, 0) is 18.6 Å². The molecule has 2 aliphatic rings. The highest BCUT2D eigenvalue weighted by atomic mass is 35.5. The molecule has 0 amide bonds. The van der Waals surface area contributed by atoms with Crippen LogP contribution in [0.1, 0.15) is 6.42 Å². The predicted octanol–water partition coefficient (Wildman–Crippen LogP) is 0.656. The van der Waals surface area contributed by atoms with Crippen molar-refractivity contribution in [1.82, 2.24) is 10.2 Å². The highest BCUT2D eigenvalue weighted by Crippen LogP contribution is 2.39. The van der Waals surface area contributed by atoms with Crippen LogP contribution in [0.5, 0.6) is 0 Å². The van der Waals surface area contributed by atoms with Crippen molar-refractivity contribution in [3.05, 3.63) is 17.3 Å². The van der Waals surface area contributed by atoms with E-state index >= 15 is 0 Å². The van der Waals surface area contributed by atoms with Crippen LogP contribution in [-0.4, -0.2) is 35.0 Å². The first-order valence-electron chi connectivity index (χ1n) is 5.38. The Balaban J connectivity index is 1.69. The number of ether oxygens (including phenoxy) is 1. The Morgan fingerprint density at radius 2 is 2.31 bits per heavy atom. The Kier molecular flexibility index (Phi) is 2.46. The number of anilines is 1. The van der Waals surface area contributed by atoms with Gasteiger partial charge in [0.05, 0.1) is 12.1 Å². The number of nitrogens with two attached hydrogens (primary N) is 1. The van der Waals surface area contributed by atoms with E-state index in [9.17, 15) is 0 Å². The number of rotatable bonds is 2. The maximum Gasteiger partial charge on any atom is 0.151 e. The topological polar surface area (TPSA) is 73.1 Å². The van der Waals surface area contributed by atoms with Crippen molar-refractivity contribution in [3.8, 4) is 0 Å². The third-order valence-corrected chi connectivity index (χ3v) is 3.59. The largest absolute Gasteiger partial charge is 0.376 e. The van der Waals surface area contributed by atoms with Crippen LogP contribution in [0.15, 0.2) is 12.1 Å². The summed E-state index contributed by atoms with van der Waals surface area (Å²) in [4.78, 5) is 0. The lowest BCUT2D eigenvalue weighted by Gasteiger charge is -2.45. The van der Waals surface area contributed by atoms with Gasteiger partial charge in [-0.1, -0.05) is 11.6 Å². The molecule has 1 aliphatic carbocycles. The van der Waals surface area contributed by atoms with Crippen LogP contribution < -0.4 is 11.1 Å². The summed E-state index contributed by atoms with van der Waals surface area (Å²) >= 11 is 5.66. The molecule has 1 aromatic rings. The third-order valence-electron chi connectivity index (χ3n) is 3.39. The Morgan fingerprint density at radius 1 is 1.44 bits per heavy atom. The van der Waals surface area contributed by atoms with Gasteiger partial charge in [0.15, 0.2) is 5.15 Å². The molecule has 1 aromatic heterocycles. The zero-order chi connectivity index (χ0) is 11.1. The molecule has 0 bridgehead atoms. The summed E-state index contributed by atoms with van der Waals surface area (Å²) in [5.41, 5.74) is 6.07. The lowest BCUT2D eigenvalue weighted by atomic mass is 9.72. The number of fused-ring (bicyclic) bond motifs is 1. The highest BCUT2D eigenvalue weighted by molar-refractivity contribution is 6.29. The zero-order valence-electron chi connectivity index (χ0n) is 8.64. The van der Waals surface area contributed by atoms with Crippen LogP contribution in [0.25, 0.3) is 0 Å². The molecule has 4 unspecified atom stereocenters. The minimum Gasteiger partial charge on any atom is -0.376 e. The van der Waals surface area contributed by atoms with Gasteiger partial charge in [-0.3, -0.25) is 0 Å². The maximum atomic E-state index is 6.07. The first-order valence-corrected chi connectivity index (χ1v) is 5.76. The van der Waals surface area contributed by atoms with Gasteiger partial charge >= 0.3 is 0 Å². The number of nitrogens with zero attached hydrogens (tertiary/aromatic N) is 2. The van der Waals surface area contributed by atoms with E-state index in [1.807, 2.05) is 0 Å². The monoisotopic (exact) mass is 240 g/mol. The number of nitrogens with one attached hydrogen (secondary N) is 1. The number of hydrogen-bond acceptors (Lipinski definition) is 5. The van der Waals surface area contributed by atoms with E-state index in [1.165, 1.54) is 0 Å². The quantitative estimate of drug-likeness (QED) is 0.795. The van der Waals surface area contributed by atoms with E-state index in [4.69, 9.17) is 22.1 Å². The third kappa shape index (κ3) is 1.55. The van der Waals surface area contributed by atoms with Crippen molar-refractivity contribution in [2.45, 2.75) is 24.6 Å². The molecule has 0 radical (unpaired) electrons. The second-order valence-corrected chi connectivity index (χ2v) is 4.66. The van der Waals surface area contributed by atoms with Gasteiger partial charge in [-0.15, -0.1) is 10.2 Å². The SMILES string of the molecule is NC1C2CCOC2C1Nc1ccc(Cl)nn1. The van der Waals surface area contributed by atoms with Gasteiger partial charge in [-0.2, -0.15) is 0 Å². The molecule has 0 aromatic carbocycles. The Morgan fingerprint density at radius 3 is 3.06 bits per heavy atom.